The van der Waals surface area contributed by atoms with Gasteiger partial charge in [-0.15, -0.1) is 5.10 Å². The number of nitrogen functional groups attached to an aromatic ring is 1. The van der Waals surface area contributed by atoms with Gasteiger partial charge in [0.15, 0.2) is 0 Å². The van der Waals surface area contributed by atoms with Crippen LogP contribution in [0.25, 0.3) is 0 Å². The van der Waals surface area contributed by atoms with Crippen LogP contribution in [0.4, 0.5) is 5.69 Å². The molecule has 3 N–H and O–H groups in total. The van der Waals surface area contributed by atoms with Crippen LogP contribution in [0.2, 0.25) is 0 Å². The average Bonchev–Trinajstić information content (AvgIpc) is 2.69. The highest BCUT2D eigenvalue weighted by atomic mass is 32.2. The lowest BCUT2D eigenvalue weighted by Gasteiger charge is -2.06. The summed E-state index contributed by atoms with van der Waals surface area (Å²) in [6.07, 6.45) is 0. The number of aromatic amines is 1. The van der Waals surface area contributed by atoms with E-state index in [1.54, 1.807) is 6.07 Å². The van der Waals surface area contributed by atoms with Crippen LogP contribution in [-0.4, -0.2) is 26.8 Å². The van der Waals surface area contributed by atoms with Crippen LogP contribution < -0.4 is 10.5 Å². The number of aromatic nitrogens is 4. The van der Waals surface area contributed by atoms with E-state index in [0.717, 1.165) is 10.9 Å². The van der Waals surface area contributed by atoms with Crippen molar-refractivity contribution in [3.8, 4) is 5.88 Å². The van der Waals surface area contributed by atoms with Crippen molar-refractivity contribution in [1.82, 2.24) is 20.2 Å². The summed E-state index contributed by atoms with van der Waals surface area (Å²) >= 11 is 1.36. The lowest BCUT2D eigenvalue weighted by Crippen LogP contribution is -1.99. The van der Waals surface area contributed by atoms with E-state index in [1.165, 1.54) is 11.8 Å². The quantitative estimate of drug-likeness (QED) is 0.858. The van der Waals surface area contributed by atoms with Crippen molar-refractivity contribution in [3.63, 3.8) is 0 Å². The van der Waals surface area contributed by atoms with Gasteiger partial charge in [0.25, 0.3) is 0 Å². The molecule has 0 fully saturated rings. The smallest absolute Gasteiger partial charge is 0.238 e. The minimum Gasteiger partial charge on any atom is -0.476 e. The number of H-pyrrole nitrogens is 1. The van der Waals surface area contributed by atoms with Gasteiger partial charge in [-0.2, -0.15) is 0 Å². The molecule has 6 nitrogen and oxygen atoms in total. The van der Waals surface area contributed by atoms with Crippen molar-refractivity contribution in [2.24, 2.45) is 0 Å². The van der Waals surface area contributed by atoms with E-state index in [0.29, 0.717) is 23.3 Å². The predicted molar refractivity (Wildman–Crippen MR) is 65.1 cm³/mol. The Morgan fingerprint density at radius 3 is 2.88 bits per heavy atom. The maximum Gasteiger partial charge on any atom is 0.238 e. The van der Waals surface area contributed by atoms with Crippen molar-refractivity contribution < 1.29 is 4.74 Å². The van der Waals surface area contributed by atoms with Crippen LogP contribution in [0.3, 0.4) is 0 Å². The maximum atomic E-state index is 5.74. The van der Waals surface area contributed by atoms with E-state index in [1.807, 2.05) is 19.9 Å². The Labute approximate surface area is 103 Å². The minimum absolute atomic E-state index is 0.449. The first-order chi connectivity index (χ1) is 8.19. The van der Waals surface area contributed by atoms with Gasteiger partial charge in [0, 0.05) is 0 Å². The van der Waals surface area contributed by atoms with E-state index in [9.17, 15) is 0 Å². The fourth-order valence-corrected chi connectivity index (χ4v) is 1.93. The zero-order valence-electron chi connectivity index (χ0n) is 9.60. The molecule has 0 unspecified atom stereocenters. The Balaban J connectivity index is 2.18. The van der Waals surface area contributed by atoms with Crippen molar-refractivity contribution in [1.29, 1.82) is 0 Å². The van der Waals surface area contributed by atoms with Crippen molar-refractivity contribution >= 4 is 17.4 Å². The Bertz CT molecular complexity index is 513. The second kappa shape index (κ2) is 5.05. The molecule has 0 aliphatic heterocycles. The minimum atomic E-state index is 0.449. The molecule has 2 aromatic rings. The Morgan fingerprint density at radius 2 is 2.24 bits per heavy atom. The third kappa shape index (κ3) is 2.88. The van der Waals surface area contributed by atoms with Crippen LogP contribution in [0, 0.1) is 6.92 Å². The monoisotopic (exact) mass is 251 g/mol. The molecule has 90 valence electrons. The van der Waals surface area contributed by atoms with Crippen molar-refractivity contribution in [3.05, 3.63) is 18.0 Å². The van der Waals surface area contributed by atoms with Gasteiger partial charge in [-0.25, -0.2) is 9.97 Å². The van der Waals surface area contributed by atoms with Gasteiger partial charge in [-0.05, 0) is 37.7 Å². The van der Waals surface area contributed by atoms with Crippen LogP contribution in [-0.2, 0) is 0 Å². The summed E-state index contributed by atoms with van der Waals surface area (Å²) in [5.74, 6) is 1.22. The van der Waals surface area contributed by atoms with Crippen molar-refractivity contribution in [2.75, 3.05) is 12.3 Å². The highest BCUT2D eigenvalue weighted by Crippen LogP contribution is 2.27. The first-order valence-corrected chi connectivity index (χ1v) is 5.97. The summed E-state index contributed by atoms with van der Waals surface area (Å²) in [5, 5.41) is 8.18. The highest BCUT2D eigenvalue weighted by Gasteiger charge is 2.08. The molecule has 0 saturated carbocycles. The molecule has 0 saturated heterocycles. The second-order valence-electron chi connectivity index (χ2n) is 3.28. The molecular formula is C10H13N5OS. The zero-order valence-corrected chi connectivity index (χ0v) is 10.4. The molecule has 2 rings (SSSR count). The van der Waals surface area contributed by atoms with E-state index in [4.69, 9.17) is 10.5 Å². The molecule has 0 atom stereocenters. The van der Waals surface area contributed by atoms with E-state index < -0.39 is 0 Å². The fraction of sp³-hybridized carbons (Fsp3) is 0.300. The number of nitrogens with zero attached hydrogens (tertiary/aromatic N) is 3. The number of rotatable bonds is 4. The van der Waals surface area contributed by atoms with Gasteiger partial charge >= 0.3 is 0 Å². The molecule has 0 aliphatic rings. The summed E-state index contributed by atoms with van der Waals surface area (Å²) in [5.41, 5.74) is 6.27. The SMILES string of the molecule is CCOc1nc(Sc2n[nH]c(C)n2)ccc1N. The highest BCUT2D eigenvalue weighted by molar-refractivity contribution is 7.99. The van der Waals surface area contributed by atoms with E-state index in [-0.39, 0.29) is 0 Å². The Kier molecular flexibility index (Phi) is 3.48. The lowest BCUT2D eigenvalue weighted by molar-refractivity contribution is 0.326. The van der Waals surface area contributed by atoms with Gasteiger partial charge in [0.2, 0.25) is 11.0 Å². The first kappa shape index (κ1) is 11.7. The van der Waals surface area contributed by atoms with Gasteiger partial charge in [0.1, 0.15) is 10.9 Å². The summed E-state index contributed by atoms with van der Waals surface area (Å²) in [4.78, 5) is 8.48. The molecule has 0 radical (unpaired) electrons. The van der Waals surface area contributed by atoms with E-state index >= 15 is 0 Å². The number of aryl methyl sites for hydroxylation is 1. The molecule has 0 bridgehead atoms. The fourth-order valence-electron chi connectivity index (χ4n) is 1.20. The van der Waals surface area contributed by atoms with Crippen LogP contribution in [0.1, 0.15) is 12.7 Å². The molecular weight excluding hydrogens is 238 g/mol. The molecule has 2 aromatic heterocycles. The normalized spacial score (nSPS) is 10.5. The van der Waals surface area contributed by atoms with Crippen LogP contribution in [0.15, 0.2) is 22.3 Å². The molecule has 7 heteroatoms. The summed E-state index contributed by atoms with van der Waals surface area (Å²) in [6, 6.07) is 3.58. The van der Waals surface area contributed by atoms with Crippen molar-refractivity contribution in [2.45, 2.75) is 24.0 Å². The molecule has 0 aliphatic carbocycles. The van der Waals surface area contributed by atoms with Gasteiger partial charge in [-0.1, -0.05) is 0 Å². The molecule has 17 heavy (non-hydrogen) atoms. The number of hydrogen-bond donors (Lipinski definition) is 2. The largest absolute Gasteiger partial charge is 0.476 e. The summed E-state index contributed by atoms with van der Waals surface area (Å²) in [7, 11) is 0. The van der Waals surface area contributed by atoms with Crippen LogP contribution >= 0.6 is 11.8 Å². The standard InChI is InChI=1S/C10H13N5OS/c1-3-16-9-7(11)4-5-8(13-9)17-10-12-6(2)14-15-10/h4-5H,3,11H2,1-2H3,(H,12,14,15). The van der Waals surface area contributed by atoms with Gasteiger partial charge < -0.3 is 10.5 Å². The molecule has 0 aromatic carbocycles. The maximum absolute atomic E-state index is 5.74. The predicted octanol–water partition coefficient (Wildman–Crippen LogP) is 1.64. The molecule has 2 heterocycles. The number of anilines is 1. The first-order valence-electron chi connectivity index (χ1n) is 5.15. The molecule has 0 spiro atoms. The molecule has 0 amide bonds. The summed E-state index contributed by atoms with van der Waals surface area (Å²) in [6.45, 7) is 4.27. The summed E-state index contributed by atoms with van der Waals surface area (Å²) < 4.78 is 5.32. The number of nitrogens with two attached hydrogens (primary N) is 1. The third-order valence-corrected chi connectivity index (χ3v) is 2.72. The third-order valence-electron chi connectivity index (χ3n) is 1.92. The number of hydrogen-bond acceptors (Lipinski definition) is 6. The van der Waals surface area contributed by atoms with Gasteiger partial charge in [-0.3, -0.25) is 5.10 Å². The second-order valence-corrected chi connectivity index (χ2v) is 4.27. The lowest BCUT2D eigenvalue weighted by atomic mass is 10.4. The number of ether oxygens (including phenoxy) is 1. The number of pyridine rings is 1. The average molecular weight is 251 g/mol. The van der Waals surface area contributed by atoms with Gasteiger partial charge in [0.05, 0.1) is 12.3 Å². The Hall–Kier alpha value is -1.76. The van der Waals surface area contributed by atoms with Crippen LogP contribution in [0.5, 0.6) is 5.88 Å². The number of nitrogens with one attached hydrogen (secondary N) is 1. The topological polar surface area (TPSA) is 89.7 Å². The van der Waals surface area contributed by atoms with E-state index in [2.05, 4.69) is 20.2 Å². The Morgan fingerprint density at radius 1 is 1.41 bits per heavy atom. The zero-order chi connectivity index (χ0) is 12.3.